The molecule has 0 saturated carbocycles. The summed E-state index contributed by atoms with van der Waals surface area (Å²) in [7, 11) is 2.81. The van der Waals surface area contributed by atoms with Crippen molar-refractivity contribution in [3.63, 3.8) is 0 Å². The molecule has 0 radical (unpaired) electrons. The lowest BCUT2D eigenvalue weighted by Crippen LogP contribution is -2.02. The van der Waals surface area contributed by atoms with Crippen LogP contribution in [0.15, 0.2) is 42.5 Å². The van der Waals surface area contributed by atoms with E-state index >= 15 is 0 Å². The van der Waals surface area contributed by atoms with Crippen molar-refractivity contribution < 1.29 is 18.7 Å². The molecule has 0 saturated heterocycles. The third-order valence-corrected chi connectivity index (χ3v) is 2.72. The molecule has 0 aliphatic heterocycles. The van der Waals surface area contributed by atoms with E-state index in [9.17, 15) is 9.18 Å². The summed E-state index contributed by atoms with van der Waals surface area (Å²) < 4.78 is 23.1. The molecule has 0 N–H and O–H groups in total. The lowest BCUT2D eigenvalue weighted by atomic mass is 10.0. The molecule has 0 atom stereocenters. The van der Waals surface area contributed by atoms with Gasteiger partial charge in [-0.1, -0.05) is 12.1 Å². The number of hydrogen-bond acceptors (Lipinski definition) is 3. The van der Waals surface area contributed by atoms with E-state index in [4.69, 9.17) is 4.74 Å². The highest BCUT2D eigenvalue weighted by molar-refractivity contribution is 5.91. The Balaban J connectivity index is 2.53. The molecule has 0 unspecified atom stereocenters. The maximum absolute atomic E-state index is 13.2. The molecule has 4 heteroatoms. The molecule has 3 nitrogen and oxygen atoms in total. The molecule has 0 aromatic heterocycles. The first-order chi connectivity index (χ1) is 9.13. The van der Waals surface area contributed by atoms with E-state index in [0.717, 1.165) is 0 Å². The SMILES string of the molecule is COC(=O)c1cc(OC)cc(-c2cccc(F)c2)c1. The third-order valence-electron chi connectivity index (χ3n) is 2.72. The van der Waals surface area contributed by atoms with E-state index in [0.29, 0.717) is 22.4 Å². The Bertz CT molecular complexity index is 608. The molecular formula is C15H13FO3. The Morgan fingerprint density at radius 1 is 1.05 bits per heavy atom. The number of hydrogen-bond donors (Lipinski definition) is 0. The zero-order valence-corrected chi connectivity index (χ0v) is 10.6. The van der Waals surface area contributed by atoms with Gasteiger partial charge >= 0.3 is 5.97 Å². The lowest BCUT2D eigenvalue weighted by molar-refractivity contribution is 0.0600. The van der Waals surface area contributed by atoms with E-state index in [2.05, 4.69) is 4.74 Å². The van der Waals surface area contributed by atoms with Gasteiger partial charge in [0.15, 0.2) is 0 Å². The van der Waals surface area contributed by atoms with E-state index < -0.39 is 5.97 Å². The van der Waals surface area contributed by atoms with Gasteiger partial charge in [0.05, 0.1) is 19.8 Å². The number of esters is 1. The quantitative estimate of drug-likeness (QED) is 0.794. The Labute approximate surface area is 110 Å². The molecular weight excluding hydrogens is 247 g/mol. The predicted molar refractivity (Wildman–Crippen MR) is 69.7 cm³/mol. The van der Waals surface area contributed by atoms with Crippen LogP contribution in [0, 0.1) is 5.82 Å². The van der Waals surface area contributed by atoms with Crippen molar-refractivity contribution in [2.45, 2.75) is 0 Å². The summed E-state index contributed by atoms with van der Waals surface area (Å²) in [5.74, 6) is -0.279. The van der Waals surface area contributed by atoms with Gasteiger partial charge in [0.25, 0.3) is 0 Å². The molecule has 2 aromatic carbocycles. The number of ether oxygens (including phenoxy) is 2. The smallest absolute Gasteiger partial charge is 0.338 e. The average Bonchev–Trinajstić information content (AvgIpc) is 2.45. The Morgan fingerprint density at radius 2 is 1.84 bits per heavy atom. The van der Waals surface area contributed by atoms with E-state index in [-0.39, 0.29) is 5.82 Å². The monoisotopic (exact) mass is 260 g/mol. The molecule has 98 valence electrons. The summed E-state index contributed by atoms with van der Waals surface area (Å²) in [6.07, 6.45) is 0. The first-order valence-electron chi connectivity index (χ1n) is 5.67. The molecule has 19 heavy (non-hydrogen) atoms. The van der Waals surface area contributed by atoms with Crippen molar-refractivity contribution in [3.05, 3.63) is 53.8 Å². The molecule has 0 amide bonds. The second kappa shape index (κ2) is 5.52. The summed E-state index contributed by atoms with van der Waals surface area (Å²) in [6.45, 7) is 0. The van der Waals surface area contributed by atoms with Crippen LogP contribution >= 0.6 is 0 Å². The van der Waals surface area contributed by atoms with Crippen LogP contribution in [0.5, 0.6) is 5.75 Å². The molecule has 0 heterocycles. The maximum atomic E-state index is 13.2. The van der Waals surface area contributed by atoms with Crippen LogP contribution < -0.4 is 4.74 Å². The summed E-state index contributed by atoms with van der Waals surface area (Å²) in [6, 6.07) is 11.1. The van der Waals surface area contributed by atoms with Crippen molar-refractivity contribution in [1.29, 1.82) is 0 Å². The van der Waals surface area contributed by atoms with Gasteiger partial charge in [-0.3, -0.25) is 0 Å². The van der Waals surface area contributed by atoms with Crippen molar-refractivity contribution >= 4 is 5.97 Å². The first-order valence-corrected chi connectivity index (χ1v) is 5.67. The minimum absolute atomic E-state index is 0.333. The summed E-state index contributed by atoms with van der Waals surface area (Å²) in [5.41, 5.74) is 1.73. The molecule has 2 aromatic rings. The third kappa shape index (κ3) is 2.91. The zero-order chi connectivity index (χ0) is 13.8. The van der Waals surface area contributed by atoms with Gasteiger partial charge in [-0.2, -0.15) is 0 Å². The Kier molecular flexibility index (Phi) is 3.80. The number of methoxy groups -OCH3 is 2. The summed E-state index contributed by atoms with van der Waals surface area (Å²) in [4.78, 5) is 11.6. The minimum atomic E-state index is -0.462. The van der Waals surface area contributed by atoms with Gasteiger partial charge in [0, 0.05) is 0 Å². The number of benzene rings is 2. The largest absolute Gasteiger partial charge is 0.497 e. The molecule has 0 spiro atoms. The molecule has 0 aliphatic carbocycles. The van der Waals surface area contributed by atoms with Crippen molar-refractivity contribution in [2.75, 3.05) is 14.2 Å². The van der Waals surface area contributed by atoms with Crippen LogP contribution in [0.25, 0.3) is 11.1 Å². The highest BCUT2D eigenvalue weighted by atomic mass is 19.1. The van der Waals surface area contributed by atoms with Gasteiger partial charge < -0.3 is 9.47 Å². The van der Waals surface area contributed by atoms with Crippen LogP contribution in [-0.4, -0.2) is 20.2 Å². The fourth-order valence-electron chi connectivity index (χ4n) is 1.79. The topological polar surface area (TPSA) is 35.5 Å². The fourth-order valence-corrected chi connectivity index (χ4v) is 1.79. The first kappa shape index (κ1) is 13.1. The van der Waals surface area contributed by atoms with Gasteiger partial charge in [0.2, 0.25) is 0 Å². The fraction of sp³-hybridized carbons (Fsp3) is 0.133. The average molecular weight is 260 g/mol. The van der Waals surface area contributed by atoms with E-state index in [1.807, 2.05) is 0 Å². The standard InChI is InChI=1S/C15H13FO3/c1-18-14-8-11(6-12(9-14)15(17)19-2)10-4-3-5-13(16)7-10/h3-9H,1-2H3. The predicted octanol–water partition coefficient (Wildman–Crippen LogP) is 3.29. The van der Waals surface area contributed by atoms with Crippen LogP contribution in [0.4, 0.5) is 4.39 Å². The van der Waals surface area contributed by atoms with E-state index in [1.54, 1.807) is 30.3 Å². The summed E-state index contributed by atoms with van der Waals surface area (Å²) >= 11 is 0. The zero-order valence-electron chi connectivity index (χ0n) is 10.6. The van der Waals surface area contributed by atoms with Crippen LogP contribution in [-0.2, 0) is 4.74 Å². The number of carbonyl (C=O) groups excluding carboxylic acids is 1. The van der Waals surface area contributed by atoms with Crippen LogP contribution in [0.2, 0.25) is 0 Å². The van der Waals surface area contributed by atoms with Gasteiger partial charge in [-0.05, 0) is 41.5 Å². The molecule has 0 bridgehead atoms. The van der Waals surface area contributed by atoms with Crippen LogP contribution in [0.1, 0.15) is 10.4 Å². The van der Waals surface area contributed by atoms with Gasteiger partial charge in [0.1, 0.15) is 11.6 Å². The van der Waals surface area contributed by atoms with Gasteiger partial charge in [-0.15, -0.1) is 0 Å². The summed E-state index contributed by atoms with van der Waals surface area (Å²) in [5, 5.41) is 0. The Hall–Kier alpha value is -2.36. The molecule has 0 fully saturated rings. The van der Waals surface area contributed by atoms with E-state index in [1.165, 1.54) is 26.4 Å². The minimum Gasteiger partial charge on any atom is -0.497 e. The van der Waals surface area contributed by atoms with Crippen molar-refractivity contribution in [1.82, 2.24) is 0 Å². The van der Waals surface area contributed by atoms with Gasteiger partial charge in [-0.25, -0.2) is 9.18 Å². The number of halogens is 1. The second-order valence-corrected chi connectivity index (χ2v) is 3.95. The lowest BCUT2D eigenvalue weighted by Gasteiger charge is -2.08. The van der Waals surface area contributed by atoms with Crippen molar-refractivity contribution in [3.8, 4) is 16.9 Å². The second-order valence-electron chi connectivity index (χ2n) is 3.95. The number of carbonyl (C=O) groups is 1. The maximum Gasteiger partial charge on any atom is 0.338 e. The normalized spacial score (nSPS) is 10.1. The molecule has 2 rings (SSSR count). The highest BCUT2D eigenvalue weighted by Gasteiger charge is 2.10. The number of rotatable bonds is 3. The van der Waals surface area contributed by atoms with Crippen LogP contribution in [0.3, 0.4) is 0 Å². The van der Waals surface area contributed by atoms with Crippen molar-refractivity contribution in [2.24, 2.45) is 0 Å². The highest BCUT2D eigenvalue weighted by Crippen LogP contribution is 2.26. The molecule has 0 aliphatic rings. The Morgan fingerprint density at radius 3 is 2.47 bits per heavy atom.